The van der Waals surface area contributed by atoms with Crippen LogP contribution in [-0.2, 0) is 9.53 Å². The summed E-state index contributed by atoms with van der Waals surface area (Å²) in [5, 5.41) is 3.85. The lowest BCUT2D eigenvalue weighted by atomic mass is 10.1. The first-order chi connectivity index (χ1) is 14.0. The zero-order valence-corrected chi connectivity index (χ0v) is 17.5. The van der Waals surface area contributed by atoms with Crippen molar-refractivity contribution >= 4 is 40.9 Å². The Hall–Kier alpha value is -2.83. The van der Waals surface area contributed by atoms with Crippen molar-refractivity contribution in [3.8, 4) is 0 Å². The highest BCUT2D eigenvalue weighted by atomic mass is 35.5. The fourth-order valence-electron chi connectivity index (χ4n) is 2.66. The van der Waals surface area contributed by atoms with E-state index in [0.29, 0.717) is 26.9 Å². The van der Waals surface area contributed by atoms with E-state index >= 15 is 0 Å². The van der Waals surface area contributed by atoms with E-state index in [0.717, 1.165) is 5.56 Å². The Balaban J connectivity index is 1.87. The lowest BCUT2D eigenvalue weighted by Gasteiger charge is -2.19. The van der Waals surface area contributed by atoms with Crippen molar-refractivity contribution in [3.05, 3.63) is 88.6 Å². The van der Waals surface area contributed by atoms with Gasteiger partial charge in [-0.15, -0.1) is 11.8 Å². The number of carbonyl (C=O) groups is 2. The summed E-state index contributed by atoms with van der Waals surface area (Å²) in [7, 11) is 0. The van der Waals surface area contributed by atoms with Gasteiger partial charge in [0, 0.05) is 22.5 Å². The molecular weight excluding hydrogens is 408 g/mol. The molecule has 2 aromatic carbocycles. The number of rotatable bonds is 6. The topological polar surface area (TPSA) is 68.3 Å². The van der Waals surface area contributed by atoms with E-state index in [2.05, 4.69) is 10.3 Å². The molecule has 0 spiro atoms. The average Bonchev–Trinajstić information content (AvgIpc) is 2.75. The number of aryl methyl sites for hydroxylation is 1. The van der Waals surface area contributed by atoms with Gasteiger partial charge >= 0.3 is 5.97 Å². The Kier molecular flexibility index (Phi) is 6.90. The third kappa shape index (κ3) is 5.16. The highest BCUT2D eigenvalue weighted by molar-refractivity contribution is 7.98. The van der Waals surface area contributed by atoms with Gasteiger partial charge in [0.2, 0.25) is 6.10 Å². The second-order valence-corrected chi connectivity index (χ2v) is 7.41. The Morgan fingerprint density at radius 1 is 1.10 bits per heavy atom. The van der Waals surface area contributed by atoms with Crippen LogP contribution in [0, 0.1) is 6.92 Å². The summed E-state index contributed by atoms with van der Waals surface area (Å²) < 4.78 is 5.62. The molecule has 1 atom stereocenters. The minimum Gasteiger partial charge on any atom is -0.444 e. The molecule has 1 amide bonds. The van der Waals surface area contributed by atoms with Crippen LogP contribution in [0.5, 0.6) is 0 Å². The molecule has 0 aliphatic carbocycles. The van der Waals surface area contributed by atoms with E-state index in [1.807, 2.05) is 25.3 Å². The third-order valence-corrected chi connectivity index (χ3v) is 5.31. The van der Waals surface area contributed by atoms with E-state index < -0.39 is 18.0 Å². The molecule has 0 saturated carbocycles. The molecule has 0 saturated heterocycles. The van der Waals surface area contributed by atoms with Crippen LogP contribution in [0.4, 0.5) is 5.69 Å². The van der Waals surface area contributed by atoms with Gasteiger partial charge in [0.05, 0.1) is 5.56 Å². The van der Waals surface area contributed by atoms with Gasteiger partial charge in [-0.05, 0) is 43.0 Å². The van der Waals surface area contributed by atoms with Crippen LogP contribution in [0.2, 0.25) is 5.02 Å². The minimum absolute atomic E-state index is 0.312. The maximum Gasteiger partial charge on any atom is 0.342 e. The maximum atomic E-state index is 13.0. The molecule has 1 N–H and O–H groups in total. The number of pyridine rings is 1. The number of aromatic nitrogens is 1. The number of nitrogens with one attached hydrogen (secondary N) is 1. The van der Waals surface area contributed by atoms with Crippen LogP contribution >= 0.6 is 23.4 Å². The summed E-state index contributed by atoms with van der Waals surface area (Å²) in [5.41, 5.74) is 2.30. The molecule has 5 nitrogen and oxygen atoms in total. The van der Waals surface area contributed by atoms with E-state index in [9.17, 15) is 9.59 Å². The van der Waals surface area contributed by atoms with Gasteiger partial charge < -0.3 is 10.1 Å². The summed E-state index contributed by atoms with van der Waals surface area (Å²) in [6.45, 7) is 1.87. The van der Waals surface area contributed by atoms with Gasteiger partial charge in [-0.2, -0.15) is 0 Å². The summed E-state index contributed by atoms with van der Waals surface area (Å²) in [4.78, 5) is 29.9. The number of carbonyl (C=O) groups excluding carboxylic acids is 2. The molecule has 3 rings (SSSR count). The van der Waals surface area contributed by atoms with E-state index in [1.54, 1.807) is 54.7 Å². The number of halogens is 1. The molecule has 1 aromatic heterocycles. The highest BCUT2D eigenvalue weighted by Gasteiger charge is 2.27. The van der Waals surface area contributed by atoms with Crippen molar-refractivity contribution in [2.45, 2.75) is 18.1 Å². The fourth-order valence-corrected chi connectivity index (χ4v) is 3.38. The van der Waals surface area contributed by atoms with Gasteiger partial charge in [-0.3, -0.25) is 4.79 Å². The molecule has 0 radical (unpaired) electrons. The smallest absolute Gasteiger partial charge is 0.342 e. The summed E-state index contributed by atoms with van der Waals surface area (Å²) >= 11 is 7.48. The van der Waals surface area contributed by atoms with Crippen molar-refractivity contribution in [2.24, 2.45) is 0 Å². The van der Waals surface area contributed by atoms with E-state index in [-0.39, 0.29) is 0 Å². The first-order valence-corrected chi connectivity index (χ1v) is 10.4. The molecule has 0 fully saturated rings. The Bertz CT molecular complexity index is 1030. The summed E-state index contributed by atoms with van der Waals surface area (Å²) in [5.74, 6) is -1.09. The molecule has 148 valence electrons. The highest BCUT2D eigenvalue weighted by Crippen LogP contribution is 2.26. The number of hydrogen-bond acceptors (Lipinski definition) is 5. The molecule has 0 bridgehead atoms. The van der Waals surface area contributed by atoms with Crippen LogP contribution in [0.25, 0.3) is 0 Å². The van der Waals surface area contributed by atoms with Crippen LogP contribution in [0.3, 0.4) is 0 Å². The third-order valence-electron chi connectivity index (χ3n) is 4.19. The minimum atomic E-state index is -1.13. The lowest BCUT2D eigenvalue weighted by molar-refractivity contribution is -0.125. The number of hydrogen-bond donors (Lipinski definition) is 1. The molecule has 3 aromatic rings. The second kappa shape index (κ2) is 9.58. The molecule has 0 aliphatic heterocycles. The molecule has 0 aliphatic rings. The summed E-state index contributed by atoms with van der Waals surface area (Å²) in [6.07, 6.45) is 2.30. The number of thioether (sulfide) groups is 1. The molecule has 1 unspecified atom stereocenters. The average molecular weight is 427 g/mol. The molecule has 29 heavy (non-hydrogen) atoms. The van der Waals surface area contributed by atoms with E-state index in [4.69, 9.17) is 16.3 Å². The predicted molar refractivity (Wildman–Crippen MR) is 115 cm³/mol. The van der Waals surface area contributed by atoms with Gasteiger partial charge in [0.1, 0.15) is 5.03 Å². The molecule has 7 heteroatoms. The lowest BCUT2D eigenvalue weighted by Crippen LogP contribution is -2.26. The monoisotopic (exact) mass is 426 g/mol. The number of nitrogens with zero attached hydrogens (tertiary/aromatic N) is 1. The first-order valence-electron chi connectivity index (χ1n) is 8.81. The maximum absolute atomic E-state index is 13.0. The van der Waals surface area contributed by atoms with Crippen LogP contribution < -0.4 is 5.32 Å². The number of anilines is 1. The standard InChI is InChI=1S/C22H19ClN2O3S/c1-14-10-11-16(13-18(14)23)25-20(26)19(15-7-4-3-5-8-15)28-22(27)17-9-6-12-24-21(17)29-2/h3-13,19H,1-2H3,(H,25,26). The van der Waals surface area contributed by atoms with Crippen LogP contribution in [0.15, 0.2) is 71.9 Å². The quantitative estimate of drug-likeness (QED) is 0.427. The largest absolute Gasteiger partial charge is 0.444 e. The van der Waals surface area contributed by atoms with Gasteiger partial charge in [0.25, 0.3) is 5.91 Å². The van der Waals surface area contributed by atoms with Crippen LogP contribution in [0.1, 0.15) is 27.6 Å². The molecule has 1 heterocycles. The van der Waals surface area contributed by atoms with Gasteiger partial charge in [-0.1, -0.05) is 48.0 Å². The molecular formula is C22H19ClN2O3S. The summed E-state index contributed by atoms with van der Waals surface area (Å²) in [6, 6.07) is 17.4. The number of amides is 1. The van der Waals surface area contributed by atoms with Crippen molar-refractivity contribution in [3.63, 3.8) is 0 Å². The number of esters is 1. The first kappa shape index (κ1) is 20.9. The Morgan fingerprint density at radius 2 is 1.86 bits per heavy atom. The zero-order valence-electron chi connectivity index (χ0n) is 15.9. The van der Waals surface area contributed by atoms with Crippen LogP contribution in [-0.4, -0.2) is 23.1 Å². The Morgan fingerprint density at radius 3 is 2.55 bits per heavy atom. The SMILES string of the molecule is CSc1ncccc1C(=O)OC(C(=O)Nc1ccc(C)c(Cl)c1)c1ccccc1. The number of benzene rings is 2. The zero-order chi connectivity index (χ0) is 20.8. The fraction of sp³-hybridized carbons (Fsp3) is 0.136. The normalized spacial score (nSPS) is 11.6. The van der Waals surface area contributed by atoms with Crippen molar-refractivity contribution in [2.75, 3.05) is 11.6 Å². The number of ether oxygens (including phenoxy) is 1. The van der Waals surface area contributed by atoms with Crippen molar-refractivity contribution in [1.29, 1.82) is 0 Å². The predicted octanol–water partition coefficient (Wildman–Crippen LogP) is 5.30. The van der Waals surface area contributed by atoms with Gasteiger partial charge in [-0.25, -0.2) is 9.78 Å². The van der Waals surface area contributed by atoms with Crippen molar-refractivity contribution in [1.82, 2.24) is 4.98 Å². The van der Waals surface area contributed by atoms with Crippen molar-refractivity contribution < 1.29 is 14.3 Å². The van der Waals surface area contributed by atoms with E-state index in [1.165, 1.54) is 11.8 Å². The second-order valence-electron chi connectivity index (χ2n) is 6.21. The van der Waals surface area contributed by atoms with Gasteiger partial charge in [0.15, 0.2) is 0 Å². The Labute approximate surface area is 178 Å².